The molecule has 150 valence electrons. The largest absolute Gasteiger partial charge is 0.469 e. The van der Waals surface area contributed by atoms with E-state index in [0.717, 1.165) is 25.9 Å². The van der Waals surface area contributed by atoms with E-state index in [4.69, 9.17) is 9.47 Å². The van der Waals surface area contributed by atoms with Crippen molar-refractivity contribution >= 4 is 12.1 Å². The van der Waals surface area contributed by atoms with Crippen LogP contribution in [0.5, 0.6) is 0 Å². The Hall–Kier alpha value is -1.34. The van der Waals surface area contributed by atoms with E-state index in [1.807, 2.05) is 20.8 Å². The molecular weight excluding hydrogens is 336 g/mol. The third-order valence-electron chi connectivity index (χ3n) is 5.77. The molecule has 2 fully saturated rings. The van der Waals surface area contributed by atoms with Crippen molar-refractivity contribution in [1.82, 2.24) is 10.2 Å². The van der Waals surface area contributed by atoms with Crippen molar-refractivity contribution in [2.24, 2.45) is 17.3 Å². The molecule has 0 aliphatic carbocycles. The summed E-state index contributed by atoms with van der Waals surface area (Å²) in [6.07, 6.45) is 2.71. The molecule has 0 aromatic heterocycles. The number of aliphatic hydroxyl groups excluding tert-OH is 1. The van der Waals surface area contributed by atoms with Gasteiger partial charge in [-0.05, 0) is 71.4 Å². The predicted octanol–water partition coefficient (Wildman–Crippen LogP) is 1.78. The van der Waals surface area contributed by atoms with Gasteiger partial charge in [-0.1, -0.05) is 0 Å². The van der Waals surface area contributed by atoms with Crippen LogP contribution < -0.4 is 5.32 Å². The average molecular weight is 370 g/mol. The first-order valence-electron chi connectivity index (χ1n) is 9.62. The number of carbonyl (C=O) groups is 2. The number of likely N-dealkylation sites (tertiary alicyclic amines) is 1. The zero-order chi connectivity index (χ0) is 19.4. The van der Waals surface area contributed by atoms with Crippen molar-refractivity contribution in [3.8, 4) is 0 Å². The summed E-state index contributed by atoms with van der Waals surface area (Å²) in [7, 11) is 1.39. The molecule has 2 saturated heterocycles. The van der Waals surface area contributed by atoms with Gasteiger partial charge in [-0.2, -0.15) is 0 Å². The number of rotatable bonds is 4. The Kier molecular flexibility index (Phi) is 6.91. The van der Waals surface area contributed by atoms with Crippen molar-refractivity contribution in [2.75, 3.05) is 39.9 Å². The van der Waals surface area contributed by atoms with Crippen LogP contribution in [0.2, 0.25) is 0 Å². The zero-order valence-corrected chi connectivity index (χ0v) is 16.5. The summed E-state index contributed by atoms with van der Waals surface area (Å²) < 4.78 is 10.6. The number of piperidine rings is 2. The minimum atomic E-state index is -0.878. The van der Waals surface area contributed by atoms with Crippen LogP contribution in [-0.2, 0) is 14.3 Å². The first kappa shape index (κ1) is 21.0. The van der Waals surface area contributed by atoms with Gasteiger partial charge in [-0.25, -0.2) is 4.79 Å². The van der Waals surface area contributed by atoms with Crippen molar-refractivity contribution in [2.45, 2.75) is 52.1 Å². The Morgan fingerprint density at radius 3 is 2.08 bits per heavy atom. The molecule has 7 heteroatoms. The minimum Gasteiger partial charge on any atom is -0.469 e. The molecule has 0 bridgehead atoms. The lowest BCUT2D eigenvalue weighted by Gasteiger charge is -2.47. The van der Waals surface area contributed by atoms with Gasteiger partial charge in [0.15, 0.2) is 0 Å². The first-order valence-corrected chi connectivity index (χ1v) is 9.62. The molecule has 1 amide bonds. The Labute approximate surface area is 156 Å². The summed E-state index contributed by atoms with van der Waals surface area (Å²) in [5, 5.41) is 13.6. The maximum Gasteiger partial charge on any atom is 0.410 e. The van der Waals surface area contributed by atoms with Crippen LogP contribution in [0.25, 0.3) is 0 Å². The van der Waals surface area contributed by atoms with E-state index in [0.29, 0.717) is 25.9 Å². The smallest absolute Gasteiger partial charge is 0.410 e. The summed E-state index contributed by atoms with van der Waals surface area (Å²) in [6, 6.07) is 0. The Morgan fingerprint density at radius 1 is 1.08 bits per heavy atom. The zero-order valence-electron chi connectivity index (χ0n) is 16.5. The Bertz CT molecular complexity index is 491. The lowest BCUT2D eigenvalue weighted by atomic mass is 9.61. The summed E-state index contributed by atoms with van der Waals surface area (Å²) in [4.78, 5) is 26.7. The highest BCUT2D eigenvalue weighted by Gasteiger charge is 2.52. The van der Waals surface area contributed by atoms with Crippen LogP contribution in [0.15, 0.2) is 0 Å². The van der Waals surface area contributed by atoms with Crippen LogP contribution in [0, 0.1) is 17.3 Å². The minimum absolute atomic E-state index is 0.00161. The van der Waals surface area contributed by atoms with E-state index in [1.54, 1.807) is 4.90 Å². The van der Waals surface area contributed by atoms with Crippen molar-refractivity contribution in [3.05, 3.63) is 0 Å². The third-order valence-corrected chi connectivity index (χ3v) is 5.77. The standard InChI is InChI=1S/C19H34N2O5/c1-18(2,3)26-17(24)21-11-7-15(8-12-21)19(13-22,16(23)25-4)14-5-9-20-10-6-14/h14-15,20,22H,5-13H2,1-4H3. The number of hydrogen-bond acceptors (Lipinski definition) is 6. The number of amides is 1. The van der Waals surface area contributed by atoms with Crippen molar-refractivity contribution in [1.29, 1.82) is 0 Å². The summed E-state index contributed by atoms with van der Waals surface area (Å²) in [6.45, 7) is 8.10. The van der Waals surface area contributed by atoms with Gasteiger partial charge < -0.3 is 24.8 Å². The highest BCUT2D eigenvalue weighted by molar-refractivity contribution is 5.78. The van der Waals surface area contributed by atoms with Gasteiger partial charge in [0.2, 0.25) is 0 Å². The second-order valence-electron chi connectivity index (χ2n) is 8.46. The topological polar surface area (TPSA) is 88.1 Å². The van der Waals surface area contributed by atoms with E-state index in [-0.39, 0.29) is 30.5 Å². The van der Waals surface area contributed by atoms with Crippen LogP contribution in [0.1, 0.15) is 46.5 Å². The van der Waals surface area contributed by atoms with E-state index in [1.165, 1.54) is 7.11 Å². The van der Waals surface area contributed by atoms with Crippen LogP contribution >= 0.6 is 0 Å². The molecule has 0 saturated carbocycles. The maximum atomic E-state index is 12.8. The Morgan fingerprint density at radius 2 is 1.62 bits per heavy atom. The van der Waals surface area contributed by atoms with E-state index in [9.17, 15) is 14.7 Å². The van der Waals surface area contributed by atoms with Gasteiger partial charge >= 0.3 is 12.1 Å². The molecule has 7 nitrogen and oxygen atoms in total. The number of hydrogen-bond donors (Lipinski definition) is 2. The number of methoxy groups -OCH3 is 1. The Balaban J connectivity index is 2.11. The van der Waals surface area contributed by atoms with Gasteiger partial charge in [0.25, 0.3) is 0 Å². The molecule has 2 heterocycles. The molecule has 2 N–H and O–H groups in total. The lowest BCUT2D eigenvalue weighted by molar-refractivity contribution is -0.169. The molecular formula is C19H34N2O5. The first-order chi connectivity index (χ1) is 12.2. The maximum absolute atomic E-state index is 12.8. The highest BCUT2D eigenvalue weighted by Crippen LogP contribution is 2.46. The van der Waals surface area contributed by atoms with E-state index >= 15 is 0 Å². The summed E-state index contributed by atoms with van der Waals surface area (Å²) in [5.74, 6) is -0.219. The molecule has 0 radical (unpaired) electrons. The highest BCUT2D eigenvalue weighted by atomic mass is 16.6. The molecule has 1 atom stereocenters. The fourth-order valence-electron chi connectivity index (χ4n) is 4.42. The third kappa shape index (κ3) is 4.49. The molecule has 26 heavy (non-hydrogen) atoms. The van der Waals surface area contributed by atoms with Gasteiger partial charge in [0.05, 0.1) is 19.1 Å². The van der Waals surface area contributed by atoms with Crippen LogP contribution in [0.3, 0.4) is 0 Å². The lowest BCUT2D eigenvalue weighted by Crippen LogP contribution is -2.54. The fraction of sp³-hybridized carbons (Fsp3) is 0.895. The van der Waals surface area contributed by atoms with Crippen molar-refractivity contribution in [3.63, 3.8) is 0 Å². The molecule has 1 unspecified atom stereocenters. The molecule has 2 aliphatic rings. The number of carbonyl (C=O) groups excluding carboxylic acids is 2. The SMILES string of the molecule is COC(=O)C(CO)(C1CCNCC1)C1CCN(C(=O)OC(C)(C)C)CC1. The fourth-order valence-corrected chi connectivity index (χ4v) is 4.42. The molecule has 0 aromatic carbocycles. The number of ether oxygens (including phenoxy) is 2. The monoisotopic (exact) mass is 370 g/mol. The van der Waals surface area contributed by atoms with Gasteiger partial charge in [-0.3, -0.25) is 4.79 Å². The summed E-state index contributed by atoms with van der Waals surface area (Å²) in [5.41, 5.74) is -1.40. The van der Waals surface area contributed by atoms with Gasteiger partial charge in [0.1, 0.15) is 5.60 Å². The van der Waals surface area contributed by atoms with Crippen LogP contribution in [-0.4, -0.2) is 67.6 Å². The number of aliphatic hydroxyl groups is 1. The number of nitrogens with one attached hydrogen (secondary N) is 1. The number of nitrogens with zero attached hydrogens (tertiary/aromatic N) is 1. The molecule has 2 rings (SSSR count). The normalized spacial score (nSPS) is 22.6. The van der Waals surface area contributed by atoms with E-state index < -0.39 is 11.0 Å². The van der Waals surface area contributed by atoms with Gasteiger partial charge in [-0.15, -0.1) is 0 Å². The second kappa shape index (κ2) is 8.57. The van der Waals surface area contributed by atoms with E-state index in [2.05, 4.69) is 5.32 Å². The average Bonchev–Trinajstić information content (AvgIpc) is 2.62. The molecule has 0 spiro atoms. The second-order valence-corrected chi connectivity index (χ2v) is 8.46. The molecule has 2 aliphatic heterocycles. The van der Waals surface area contributed by atoms with Crippen LogP contribution in [0.4, 0.5) is 4.79 Å². The number of esters is 1. The summed E-state index contributed by atoms with van der Waals surface area (Å²) >= 11 is 0. The van der Waals surface area contributed by atoms with Gasteiger partial charge in [0, 0.05) is 13.1 Å². The quantitative estimate of drug-likeness (QED) is 0.734. The molecule has 0 aromatic rings. The predicted molar refractivity (Wildman–Crippen MR) is 97.7 cm³/mol. The van der Waals surface area contributed by atoms with Crippen molar-refractivity contribution < 1.29 is 24.2 Å².